The zero-order valence-corrected chi connectivity index (χ0v) is 34.5. The number of benzene rings is 2. The van der Waals surface area contributed by atoms with Crippen LogP contribution in [0.25, 0.3) is 22.2 Å². The molecule has 15 heteroatoms. The molecule has 4 amide bonds. The van der Waals surface area contributed by atoms with Gasteiger partial charge >= 0.3 is 6.09 Å². The number of alkyl carbamates (subject to hydrolysis) is 1. The molecule has 5 unspecified atom stereocenters. The molecular formula is C43H53N5O9S. The van der Waals surface area contributed by atoms with E-state index in [2.05, 4.69) is 21.9 Å². The highest BCUT2D eigenvalue weighted by Crippen LogP contribution is 2.47. The molecule has 5 atom stereocenters. The Balaban J connectivity index is 1.21. The lowest BCUT2D eigenvalue weighted by Gasteiger charge is -2.35. The van der Waals surface area contributed by atoms with Crippen LogP contribution in [0.3, 0.4) is 0 Å². The van der Waals surface area contributed by atoms with Crippen LogP contribution in [0, 0.1) is 11.3 Å². The molecule has 58 heavy (non-hydrogen) atoms. The van der Waals surface area contributed by atoms with Gasteiger partial charge in [0.25, 0.3) is 5.91 Å². The van der Waals surface area contributed by atoms with Crippen molar-refractivity contribution >= 4 is 44.7 Å². The number of fused-ring (bicyclic) bond motifs is 1. The number of carbonyl (C=O) groups excluding carboxylic acids is 4. The van der Waals surface area contributed by atoms with E-state index in [0.29, 0.717) is 40.9 Å². The molecular weight excluding hydrogens is 763 g/mol. The summed E-state index contributed by atoms with van der Waals surface area (Å²) < 4.78 is 45.3. The van der Waals surface area contributed by atoms with E-state index in [1.807, 2.05) is 63.2 Å². The van der Waals surface area contributed by atoms with E-state index in [1.165, 1.54) is 11.0 Å². The Morgan fingerprint density at radius 2 is 1.72 bits per heavy atom. The Kier molecular flexibility index (Phi) is 11.0. The number of sulfonamides is 1. The summed E-state index contributed by atoms with van der Waals surface area (Å²) >= 11 is 0. The highest BCUT2D eigenvalue weighted by molar-refractivity contribution is 7.91. The second kappa shape index (κ2) is 15.5. The largest absolute Gasteiger partial charge is 0.497 e. The number of amides is 4. The van der Waals surface area contributed by atoms with E-state index in [9.17, 15) is 27.6 Å². The summed E-state index contributed by atoms with van der Waals surface area (Å²) in [4.78, 5) is 62.5. The van der Waals surface area contributed by atoms with Crippen molar-refractivity contribution < 1.29 is 41.8 Å². The fraction of sp³-hybridized carbons (Fsp3) is 0.512. The lowest BCUT2D eigenvalue weighted by Crippen LogP contribution is -2.60. The number of rotatable bonds is 13. The molecule has 4 aliphatic rings. The van der Waals surface area contributed by atoms with Crippen LogP contribution in [0.2, 0.25) is 0 Å². The average molecular weight is 816 g/mol. The summed E-state index contributed by atoms with van der Waals surface area (Å²) in [6.07, 6.45) is 4.24. The molecule has 0 bridgehead atoms. The van der Waals surface area contributed by atoms with E-state index in [-0.39, 0.29) is 25.5 Å². The summed E-state index contributed by atoms with van der Waals surface area (Å²) in [5.74, 6) is -1.51. The van der Waals surface area contributed by atoms with Gasteiger partial charge in [0.15, 0.2) is 0 Å². The van der Waals surface area contributed by atoms with E-state index in [4.69, 9.17) is 19.2 Å². The first-order chi connectivity index (χ1) is 27.5. The number of likely N-dealkylation sites (tertiary alicyclic amines) is 1. The quantitative estimate of drug-likeness (QED) is 0.189. The smallest absolute Gasteiger partial charge is 0.408 e. The standard InChI is InChI=1S/C43H53N5O9S/c1-7-27-24-43(27,39(51)47-58(53,54)42(5)19-20-42)46-37(49)34-22-30(25-48(34)38(50)36(41(2,3)4)45-40(52)57-28-15-11-12-16-28)56-35-23-32(26-13-9-8-10-14-26)44-33-21-29(55-6)17-18-31(33)35/h7-10,13-14,17-18,21,23,27-28,30,34,36H,1,11-12,15-16,19-20,22,24-25H2,2-6H3,(H,45,52)(H,46,49)(H,47,51). The van der Waals surface area contributed by atoms with Crippen molar-refractivity contribution in [3.8, 4) is 22.8 Å². The predicted molar refractivity (Wildman–Crippen MR) is 217 cm³/mol. The first kappa shape index (κ1) is 41.0. The molecule has 2 aromatic carbocycles. The van der Waals surface area contributed by atoms with Gasteiger partial charge in [-0.3, -0.25) is 19.1 Å². The summed E-state index contributed by atoms with van der Waals surface area (Å²) in [5.41, 5.74) is -0.288. The van der Waals surface area contributed by atoms with E-state index in [1.54, 1.807) is 26.2 Å². The number of nitrogens with one attached hydrogen (secondary N) is 3. The topological polar surface area (TPSA) is 182 Å². The van der Waals surface area contributed by atoms with Crippen LogP contribution in [-0.4, -0.2) is 90.3 Å². The summed E-state index contributed by atoms with van der Waals surface area (Å²) in [6, 6.07) is 14.6. The number of carbonyl (C=O) groups is 4. The molecule has 3 aromatic rings. The molecule has 0 spiro atoms. The van der Waals surface area contributed by atoms with Gasteiger partial charge in [0.1, 0.15) is 41.3 Å². The number of pyridine rings is 1. The second-order valence-corrected chi connectivity index (χ2v) is 19.6. The third kappa shape index (κ3) is 8.23. The lowest BCUT2D eigenvalue weighted by molar-refractivity contribution is -0.143. The molecule has 0 radical (unpaired) electrons. The van der Waals surface area contributed by atoms with Gasteiger partial charge in [-0.25, -0.2) is 18.2 Å². The Labute approximate surface area is 339 Å². The summed E-state index contributed by atoms with van der Waals surface area (Å²) in [5, 5.41) is 6.32. The summed E-state index contributed by atoms with van der Waals surface area (Å²) in [7, 11) is -2.44. The molecule has 14 nitrogen and oxygen atoms in total. The van der Waals surface area contributed by atoms with Gasteiger partial charge in [0, 0.05) is 35.4 Å². The predicted octanol–water partition coefficient (Wildman–Crippen LogP) is 5.40. The first-order valence-corrected chi connectivity index (χ1v) is 21.4. The number of hydrogen-bond acceptors (Lipinski definition) is 10. The van der Waals surface area contributed by atoms with Crippen LogP contribution in [0.5, 0.6) is 11.5 Å². The minimum absolute atomic E-state index is 0.0222. The molecule has 3 saturated carbocycles. The van der Waals surface area contributed by atoms with Crippen LogP contribution >= 0.6 is 0 Å². The molecule has 1 saturated heterocycles. The highest BCUT2D eigenvalue weighted by atomic mass is 32.2. The first-order valence-electron chi connectivity index (χ1n) is 20.0. The van der Waals surface area contributed by atoms with Crippen LogP contribution in [0.15, 0.2) is 67.3 Å². The number of ether oxygens (including phenoxy) is 3. The Morgan fingerprint density at radius 1 is 1.02 bits per heavy atom. The highest BCUT2D eigenvalue weighted by Gasteiger charge is 2.63. The number of methoxy groups -OCH3 is 1. The second-order valence-electron chi connectivity index (χ2n) is 17.4. The number of hydrogen-bond donors (Lipinski definition) is 3. The van der Waals surface area contributed by atoms with Crippen molar-refractivity contribution in [2.45, 2.75) is 114 Å². The zero-order chi connectivity index (χ0) is 41.6. The zero-order valence-electron chi connectivity index (χ0n) is 33.7. The van der Waals surface area contributed by atoms with E-state index in [0.717, 1.165) is 31.2 Å². The molecule has 2 heterocycles. The lowest BCUT2D eigenvalue weighted by atomic mass is 9.85. The summed E-state index contributed by atoms with van der Waals surface area (Å²) in [6.45, 7) is 10.8. The average Bonchev–Trinajstić information content (AvgIpc) is 3.97. The number of aromatic nitrogens is 1. The van der Waals surface area contributed by atoms with Crippen LogP contribution < -0.4 is 24.8 Å². The molecule has 7 rings (SSSR count). The molecule has 3 aliphatic carbocycles. The Morgan fingerprint density at radius 3 is 2.34 bits per heavy atom. The minimum Gasteiger partial charge on any atom is -0.497 e. The van der Waals surface area contributed by atoms with Gasteiger partial charge in [-0.1, -0.05) is 57.2 Å². The number of nitrogens with zero attached hydrogens (tertiary/aromatic N) is 2. The van der Waals surface area contributed by atoms with Crippen molar-refractivity contribution in [2.24, 2.45) is 11.3 Å². The minimum atomic E-state index is -4.01. The monoisotopic (exact) mass is 815 g/mol. The molecule has 1 aromatic heterocycles. The van der Waals surface area contributed by atoms with Gasteiger partial charge in [-0.2, -0.15) is 0 Å². The van der Waals surface area contributed by atoms with Gasteiger partial charge in [0.05, 0.1) is 29.6 Å². The fourth-order valence-electron chi connectivity index (χ4n) is 7.95. The van der Waals surface area contributed by atoms with Crippen molar-refractivity contribution in [1.29, 1.82) is 0 Å². The van der Waals surface area contributed by atoms with Crippen LogP contribution in [0.4, 0.5) is 4.79 Å². The van der Waals surface area contributed by atoms with Gasteiger partial charge < -0.3 is 29.7 Å². The van der Waals surface area contributed by atoms with Crippen LogP contribution in [0.1, 0.15) is 79.1 Å². The normalized spacial score (nSPS) is 24.4. The van der Waals surface area contributed by atoms with Crippen molar-refractivity contribution in [1.82, 2.24) is 25.2 Å². The third-order valence-corrected chi connectivity index (χ3v) is 14.2. The fourth-order valence-corrected chi connectivity index (χ4v) is 9.27. The van der Waals surface area contributed by atoms with Crippen molar-refractivity contribution in [2.75, 3.05) is 13.7 Å². The van der Waals surface area contributed by atoms with Crippen LogP contribution in [-0.2, 0) is 29.1 Å². The van der Waals surface area contributed by atoms with Gasteiger partial charge in [0.2, 0.25) is 21.8 Å². The third-order valence-electron chi connectivity index (χ3n) is 12.0. The maximum Gasteiger partial charge on any atom is 0.408 e. The van der Waals surface area contributed by atoms with E-state index >= 15 is 0 Å². The maximum atomic E-state index is 14.8. The van der Waals surface area contributed by atoms with Crippen molar-refractivity contribution in [3.05, 3.63) is 67.3 Å². The SMILES string of the molecule is C=CC1CC1(NC(=O)C1CC(Oc2cc(-c3ccccc3)nc3cc(OC)ccc23)CN1C(=O)C(NC(=O)OC1CCCC1)C(C)(C)C)C(=O)NS(=O)(=O)C1(C)CC1. The molecule has 1 aliphatic heterocycles. The van der Waals surface area contributed by atoms with Gasteiger partial charge in [-0.05, 0) is 69.4 Å². The molecule has 310 valence electrons. The van der Waals surface area contributed by atoms with E-state index < -0.39 is 73.6 Å². The molecule has 4 fully saturated rings. The Hall–Kier alpha value is -5.18. The van der Waals surface area contributed by atoms with Crippen molar-refractivity contribution in [3.63, 3.8) is 0 Å². The Bertz CT molecular complexity index is 2220. The maximum absolute atomic E-state index is 14.8. The van der Waals surface area contributed by atoms with Gasteiger partial charge in [-0.15, -0.1) is 6.58 Å². The molecule has 3 N–H and O–H groups in total.